The van der Waals surface area contributed by atoms with E-state index < -0.39 is 23.7 Å². The standard InChI is InChI=1S/C16H20F3N3O2/c1-10(15(24)20-11-7-8-11)22(2)9-14(23)21-13-6-4-3-5-12(13)16(17,18)19/h3-6,10-11H,7-9H2,1-2H3,(H,20,24)(H,21,23)/t10-/m1/s1. The smallest absolute Gasteiger partial charge is 0.352 e. The molecule has 1 fully saturated rings. The van der Waals surface area contributed by atoms with Crippen LogP contribution in [0.1, 0.15) is 25.3 Å². The summed E-state index contributed by atoms with van der Waals surface area (Å²) in [5.74, 6) is -0.802. The first-order valence-corrected chi connectivity index (χ1v) is 7.65. The number of benzene rings is 1. The second kappa shape index (κ2) is 7.21. The monoisotopic (exact) mass is 343 g/mol. The molecule has 0 unspecified atom stereocenters. The van der Waals surface area contributed by atoms with Crippen molar-refractivity contribution in [2.24, 2.45) is 0 Å². The first-order chi connectivity index (χ1) is 11.2. The first-order valence-electron chi connectivity index (χ1n) is 7.65. The second-order valence-corrected chi connectivity index (χ2v) is 5.97. The topological polar surface area (TPSA) is 61.4 Å². The van der Waals surface area contributed by atoms with E-state index in [1.165, 1.54) is 23.1 Å². The fraction of sp³-hybridized carbons (Fsp3) is 0.500. The van der Waals surface area contributed by atoms with Crippen LogP contribution in [0.4, 0.5) is 18.9 Å². The highest BCUT2D eigenvalue weighted by atomic mass is 19.4. The number of hydrogen-bond donors (Lipinski definition) is 2. The Labute approximate surface area is 138 Å². The third-order valence-electron chi connectivity index (χ3n) is 3.86. The zero-order valence-electron chi connectivity index (χ0n) is 13.5. The largest absolute Gasteiger partial charge is 0.418 e. The maximum Gasteiger partial charge on any atom is 0.418 e. The van der Waals surface area contributed by atoms with Gasteiger partial charge in [0.15, 0.2) is 0 Å². The molecule has 1 aromatic carbocycles. The number of likely N-dealkylation sites (N-methyl/N-ethyl adjacent to an activating group) is 1. The SMILES string of the molecule is C[C@H](C(=O)NC1CC1)N(C)CC(=O)Nc1ccccc1C(F)(F)F. The molecular formula is C16H20F3N3O2. The Morgan fingerprint density at radius 2 is 1.92 bits per heavy atom. The highest BCUT2D eigenvalue weighted by molar-refractivity contribution is 5.93. The van der Waals surface area contributed by atoms with E-state index in [2.05, 4.69) is 10.6 Å². The molecular weight excluding hydrogens is 323 g/mol. The Hall–Kier alpha value is -2.09. The normalized spacial score (nSPS) is 15.9. The molecule has 132 valence electrons. The van der Waals surface area contributed by atoms with Crippen LogP contribution in [0.3, 0.4) is 0 Å². The molecule has 1 aliphatic carbocycles. The molecule has 2 amide bonds. The molecule has 1 atom stereocenters. The quantitative estimate of drug-likeness (QED) is 0.833. The van der Waals surface area contributed by atoms with Crippen LogP contribution in [-0.4, -0.2) is 42.4 Å². The number of carbonyl (C=O) groups excluding carboxylic acids is 2. The number of carbonyl (C=O) groups is 2. The fourth-order valence-electron chi connectivity index (χ4n) is 2.14. The van der Waals surface area contributed by atoms with Crippen LogP contribution in [-0.2, 0) is 15.8 Å². The van der Waals surface area contributed by atoms with Crippen molar-refractivity contribution >= 4 is 17.5 Å². The number of nitrogens with one attached hydrogen (secondary N) is 2. The molecule has 2 N–H and O–H groups in total. The zero-order chi connectivity index (χ0) is 17.9. The number of halogens is 3. The van der Waals surface area contributed by atoms with Crippen LogP contribution >= 0.6 is 0 Å². The van der Waals surface area contributed by atoms with Crippen molar-refractivity contribution in [3.63, 3.8) is 0 Å². The molecule has 0 radical (unpaired) electrons. The highest BCUT2D eigenvalue weighted by Crippen LogP contribution is 2.34. The zero-order valence-corrected chi connectivity index (χ0v) is 13.5. The average Bonchev–Trinajstić information content (AvgIpc) is 3.29. The van der Waals surface area contributed by atoms with Gasteiger partial charge in [-0.2, -0.15) is 13.2 Å². The van der Waals surface area contributed by atoms with Gasteiger partial charge in [0.1, 0.15) is 0 Å². The summed E-state index contributed by atoms with van der Waals surface area (Å²) in [7, 11) is 1.58. The van der Waals surface area contributed by atoms with Gasteiger partial charge < -0.3 is 10.6 Å². The number of anilines is 1. The van der Waals surface area contributed by atoms with E-state index >= 15 is 0 Å². The number of amides is 2. The van der Waals surface area contributed by atoms with Crippen LogP contribution in [0, 0.1) is 0 Å². The summed E-state index contributed by atoms with van der Waals surface area (Å²) in [6, 6.07) is 4.44. The number of alkyl halides is 3. The van der Waals surface area contributed by atoms with Gasteiger partial charge in [0.25, 0.3) is 0 Å². The Morgan fingerprint density at radius 3 is 2.50 bits per heavy atom. The summed E-state index contributed by atoms with van der Waals surface area (Å²) in [5, 5.41) is 5.09. The molecule has 0 spiro atoms. The lowest BCUT2D eigenvalue weighted by atomic mass is 10.1. The Bertz CT molecular complexity index is 615. The third kappa shape index (κ3) is 4.95. The third-order valence-corrected chi connectivity index (χ3v) is 3.86. The molecule has 2 rings (SSSR count). The molecule has 1 saturated carbocycles. The van der Waals surface area contributed by atoms with Gasteiger partial charge >= 0.3 is 6.18 Å². The lowest BCUT2D eigenvalue weighted by Gasteiger charge is -2.23. The van der Waals surface area contributed by atoms with Crippen molar-refractivity contribution in [1.82, 2.24) is 10.2 Å². The molecule has 0 saturated heterocycles. The number of rotatable bonds is 6. The highest BCUT2D eigenvalue weighted by Gasteiger charge is 2.34. The molecule has 5 nitrogen and oxygen atoms in total. The van der Waals surface area contributed by atoms with Crippen molar-refractivity contribution in [2.45, 2.75) is 38.0 Å². The summed E-state index contributed by atoms with van der Waals surface area (Å²) >= 11 is 0. The van der Waals surface area contributed by atoms with Crippen molar-refractivity contribution < 1.29 is 22.8 Å². The first kappa shape index (κ1) is 18.3. The predicted octanol–water partition coefficient (Wildman–Crippen LogP) is 2.24. The van der Waals surface area contributed by atoms with Gasteiger partial charge in [-0.3, -0.25) is 14.5 Å². The second-order valence-electron chi connectivity index (χ2n) is 5.97. The van der Waals surface area contributed by atoms with Gasteiger partial charge in [0, 0.05) is 6.04 Å². The van der Waals surface area contributed by atoms with E-state index in [9.17, 15) is 22.8 Å². The van der Waals surface area contributed by atoms with Gasteiger partial charge in [-0.25, -0.2) is 0 Å². The molecule has 0 bridgehead atoms. The minimum atomic E-state index is -4.55. The summed E-state index contributed by atoms with van der Waals surface area (Å²) in [5.41, 5.74) is -1.20. The molecule has 24 heavy (non-hydrogen) atoms. The number of para-hydroxylation sites is 1. The Kier molecular flexibility index (Phi) is 5.48. The Morgan fingerprint density at radius 1 is 1.29 bits per heavy atom. The van der Waals surface area contributed by atoms with Crippen molar-refractivity contribution in [1.29, 1.82) is 0 Å². The average molecular weight is 343 g/mol. The van der Waals surface area contributed by atoms with Crippen LogP contribution in [0.15, 0.2) is 24.3 Å². The van der Waals surface area contributed by atoms with Crippen LogP contribution in [0.2, 0.25) is 0 Å². The van der Waals surface area contributed by atoms with E-state index in [-0.39, 0.29) is 24.2 Å². The number of hydrogen-bond acceptors (Lipinski definition) is 3. The lowest BCUT2D eigenvalue weighted by molar-refractivity contribution is -0.137. The fourth-order valence-corrected chi connectivity index (χ4v) is 2.14. The van der Waals surface area contributed by atoms with Gasteiger partial charge in [0.2, 0.25) is 11.8 Å². The Balaban J connectivity index is 1.94. The van der Waals surface area contributed by atoms with E-state index in [0.717, 1.165) is 18.9 Å². The van der Waals surface area contributed by atoms with E-state index in [1.54, 1.807) is 14.0 Å². The maximum absolute atomic E-state index is 12.9. The van der Waals surface area contributed by atoms with Crippen LogP contribution < -0.4 is 10.6 Å². The number of nitrogens with zero attached hydrogens (tertiary/aromatic N) is 1. The summed E-state index contributed by atoms with van der Waals surface area (Å²) in [6.07, 6.45) is -2.64. The van der Waals surface area contributed by atoms with E-state index in [1.807, 2.05) is 0 Å². The predicted molar refractivity (Wildman–Crippen MR) is 83.3 cm³/mol. The minimum Gasteiger partial charge on any atom is -0.352 e. The summed E-state index contributed by atoms with van der Waals surface area (Å²) in [6.45, 7) is 1.46. The van der Waals surface area contributed by atoms with Gasteiger partial charge in [-0.05, 0) is 38.9 Å². The van der Waals surface area contributed by atoms with Crippen LogP contribution in [0.5, 0.6) is 0 Å². The van der Waals surface area contributed by atoms with Crippen molar-refractivity contribution in [2.75, 3.05) is 18.9 Å². The minimum absolute atomic E-state index is 0.189. The van der Waals surface area contributed by atoms with Gasteiger partial charge in [-0.15, -0.1) is 0 Å². The molecule has 0 aliphatic heterocycles. The van der Waals surface area contributed by atoms with Gasteiger partial charge in [-0.1, -0.05) is 12.1 Å². The lowest BCUT2D eigenvalue weighted by Crippen LogP contribution is -2.46. The van der Waals surface area contributed by atoms with Crippen LogP contribution in [0.25, 0.3) is 0 Å². The molecule has 1 aromatic rings. The molecule has 1 aliphatic rings. The molecule has 0 heterocycles. The van der Waals surface area contributed by atoms with Crippen molar-refractivity contribution in [3.8, 4) is 0 Å². The van der Waals surface area contributed by atoms with E-state index in [0.29, 0.717) is 0 Å². The summed E-state index contributed by atoms with van der Waals surface area (Å²) in [4.78, 5) is 25.4. The summed E-state index contributed by atoms with van der Waals surface area (Å²) < 4.78 is 38.7. The molecule has 0 aromatic heterocycles. The maximum atomic E-state index is 12.9. The van der Waals surface area contributed by atoms with Crippen molar-refractivity contribution in [3.05, 3.63) is 29.8 Å². The van der Waals surface area contributed by atoms with Gasteiger partial charge in [0.05, 0.1) is 23.8 Å². The van der Waals surface area contributed by atoms with E-state index in [4.69, 9.17) is 0 Å². The molecule has 8 heteroatoms.